The Bertz CT molecular complexity index is 3500. The molecule has 0 N–H and O–H groups in total. The van der Waals surface area contributed by atoms with E-state index in [0.717, 1.165) is 61.4 Å². The number of benzene rings is 10. The van der Waals surface area contributed by atoms with Gasteiger partial charge in [0, 0.05) is 49.9 Å². The average Bonchev–Trinajstić information content (AvgIpc) is 3.91. The van der Waals surface area contributed by atoms with Gasteiger partial charge in [0.2, 0.25) is 0 Å². The van der Waals surface area contributed by atoms with E-state index in [1.54, 1.807) is 0 Å². The fraction of sp³-hybridized carbons (Fsp3) is 0. The first-order valence-corrected chi connectivity index (χ1v) is 21.5. The lowest BCUT2D eigenvalue weighted by molar-refractivity contribution is 0.670. The molecular weight excluding hydrogens is 765 g/mol. The highest BCUT2D eigenvalue weighted by molar-refractivity contribution is 6.12. The lowest BCUT2D eigenvalue weighted by Gasteiger charge is -2.26. The Morgan fingerprint density at radius 1 is 0.302 bits per heavy atom. The molecule has 0 aliphatic carbocycles. The number of para-hydroxylation sites is 3. The van der Waals surface area contributed by atoms with Crippen LogP contribution < -0.4 is 4.90 Å². The van der Waals surface area contributed by atoms with E-state index in [1.807, 2.05) is 0 Å². The summed E-state index contributed by atoms with van der Waals surface area (Å²) in [5, 5.41) is 4.68. The molecule has 0 fully saturated rings. The zero-order valence-corrected chi connectivity index (χ0v) is 34.4. The van der Waals surface area contributed by atoms with Crippen LogP contribution in [0.5, 0.6) is 0 Å². The molecule has 0 unspecified atom stereocenters. The smallest absolute Gasteiger partial charge is 0.143 e. The highest BCUT2D eigenvalue weighted by atomic mass is 16.3. The van der Waals surface area contributed by atoms with Gasteiger partial charge in [-0.2, -0.15) is 0 Å². The summed E-state index contributed by atoms with van der Waals surface area (Å²) in [6.45, 7) is 0. The third-order valence-electron chi connectivity index (χ3n) is 12.4. The van der Waals surface area contributed by atoms with Gasteiger partial charge in [-0.15, -0.1) is 0 Å². The fourth-order valence-corrected chi connectivity index (χ4v) is 9.34. The molecule has 2 aromatic heterocycles. The Hall–Kier alpha value is -8.40. The molecule has 12 rings (SSSR count). The lowest BCUT2D eigenvalue weighted by atomic mass is 9.98. The number of nitrogens with zero attached hydrogens (tertiary/aromatic N) is 2. The van der Waals surface area contributed by atoms with Gasteiger partial charge in [0.1, 0.15) is 11.2 Å². The Morgan fingerprint density at radius 2 is 0.810 bits per heavy atom. The first-order valence-electron chi connectivity index (χ1n) is 21.5. The molecule has 0 aliphatic heterocycles. The van der Waals surface area contributed by atoms with E-state index < -0.39 is 0 Å². The molecule has 3 nitrogen and oxygen atoms in total. The molecule has 0 saturated heterocycles. The van der Waals surface area contributed by atoms with E-state index in [4.69, 9.17) is 4.42 Å². The Labute approximate surface area is 366 Å². The van der Waals surface area contributed by atoms with Gasteiger partial charge in [-0.25, -0.2) is 0 Å². The molecule has 63 heavy (non-hydrogen) atoms. The molecule has 0 spiro atoms. The zero-order chi connectivity index (χ0) is 41.7. The predicted octanol–water partition coefficient (Wildman–Crippen LogP) is 16.8. The molecule has 0 saturated carbocycles. The molecule has 2 heterocycles. The van der Waals surface area contributed by atoms with Crippen molar-refractivity contribution in [2.75, 3.05) is 4.90 Å². The summed E-state index contributed by atoms with van der Waals surface area (Å²) >= 11 is 0. The third kappa shape index (κ3) is 6.46. The monoisotopic (exact) mass is 804 g/mol. The Kier molecular flexibility index (Phi) is 8.83. The van der Waals surface area contributed by atoms with Crippen LogP contribution in [0, 0.1) is 0 Å². The summed E-state index contributed by atoms with van der Waals surface area (Å²) in [5.74, 6) is 0. The standard InChI is InChI=1S/C60H40N2O/c1-4-14-41(15-5-1)43-26-32-49(33-27-43)61(50-34-28-44(29-35-50)42-16-6-2-7-17-42)51-21-12-18-47(38-51)52-23-13-24-54-56-40-46(31-37-59(56)63-60(52)54)45-30-36-58-55(39-45)53-22-10-11-25-57(53)62(58)48-19-8-3-9-20-48/h1-40H. The van der Waals surface area contributed by atoms with Crippen molar-refractivity contribution < 1.29 is 4.42 Å². The molecule has 0 bridgehead atoms. The van der Waals surface area contributed by atoms with E-state index >= 15 is 0 Å². The largest absolute Gasteiger partial charge is 0.455 e. The van der Waals surface area contributed by atoms with Crippen molar-refractivity contribution in [3.63, 3.8) is 0 Å². The van der Waals surface area contributed by atoms with Crippen molar-refractivity contribution in [1.29, 1.82) is 0 Å². The van der Waals surface area contributed by atoms with Crippen LogP contribution in [0.2, 0.25) is 0 Å². The first kappa shape index (κ1) is 36.5. The zero-order valence-electron chi connectivity index (χ0n) is 34.4. The summed E-state index contributed by atoms with van der Waals surface area (Å²) in [4.78, 5) is 2.34. The predicted molar refractivity (Wildman–Crippen MR) is 264 cm³/mol. The lowest BCUT2D eigenvalue weighted by Crippen LogP contribution is -2.10. The SMILES string of the molecule is c1ccc(-c2ccc(N(c3ccc(-c4ccccc4)cc3)c3cccc(-c4cccc5c4oc4ccc(-c6ccc7c(c6)c6ccccc6n7-c6ccccc6)cc45)c3)cc2)cc1. The quantitative estimate of drug-likeness (QED) is 0.153. The number of furan rings is 1. The van der Waals surface area contributed by atoms with E-state index in [0.29, 0.717) is 0 Å². The third-order valence-corrected chi connectivity index (χ3v) is 12.4. The molecular formula is C60H40N2O. The van der Waals surface area contributed by atoms with Crippen molar-refractivity contribution in [3.05, 3.63) is 243 Å². The van der Waals surface area contributed by atoms with Crippen LogP contribution in [-0.4, -0.2) is 4.57 Å². The van der Waals surface area contributed by atoms with E-state index in [2.05, 4.69) is 252 Å². The fourth-order valence-electron chi connectivity index (χ4n) is 9.34. The second-order valence-corrected chi connectivity index (χ2v) is 16.1. The van der Waals surface area contributed by atoms with Gasteiger partial charge in [0.05, 0.1) is 11.0 Å². The summed E-state index contributed by atoms with van der Waals surface area (Å²) in [6.07, 6.45) is 0. The number of anilines is 3. The molecule has 0 radical (unpaired) electrons. The summed E-state index contributed by atoms with van der Waals surface area (Å²) in [6, 6.07) is 86.9. The minimum absolute atomic E-state index is 0.873. The van der Waals surface area contributed by atoms with Gasteiger partial charge < -0.3 is 13.9 Å². The average molecular weight is 805 g/mol. The molecule has 296 valence electrons. The summed E-state index contributed by atoms with van der Waals surface area (Å²) < 4.78 is 9.13. The van der Waals surface area contributed by atoms with Crippen LogP contribution in [0.1, 0.15) is 0 Å². The highest BCUT2D eigenvalue weighted by Gasteiger charge is 2.18. The summed E-state index contributed by atoms with van der Waals surface area (Å²) in [7, 11) is 0. The maximum atomic E-state index is 6.77. The van der Waals surface area contributed by atoms with E-state index in [1.165, 1.54) is 49.6 Å². The van der Waals surface area contributed by atoms with Gasteiger partial charge in [0.15, 0.2) is 0 Å². The van der Waals surface area contributed by atoms with Crippen molar-refractivity contribution in [3.8, 4) is 50.2 Å². The van der Waals surface area contributed by atoms with Crippen molar-refractivity contribution in [2.45, 2.75) is 0 Å². The van der Waals surface area contributed by atoms with Crippen molar-refractivity contribution in [1.82, 2.24) is 4.57 Å². The number of aromatic nitrogens is 1. The molecule has 0 atom stereocenters. The molecule has 0 amide bonds. The maximum absolute atomic E-state index is 6.77. The molecule has 12 aromatic rings. The topological polar surface area (TPSA) is 21.3 Å². The molecule has 10 aromatic carbocycles. The number of hydrogen-bond acceptors (Lipinski definition) is 2. The van der Waals surface area contributed by atoms with E-state index in [9.17, 15) is 0 Å². The second-order valence-electron chi connectivity index (χ2n) is 16.1. The first-order chi connectivity index (χ1) is 31.2. The van der Waals surface area contributed by atoms with Gasteiger partial charge >= 0.3 is 0 Å². The molecule has 0 aliphatic rings. The van der Waals surface area contributed by atoms with Crippen molar-refractivity contribution in [2.24, 2.45) is 0 Å². The van der Waals surface area contributed by atoms with Crippen LogP contribution in [-0.2, 0) is 0 Å². The summed E-state index contributed by atoms with van der Waals surface area (Å²) in [5.41, 5.74) is 17.8. The maximum Gasteiger partial charge on any atom is 0.143 e. The van der Waals surface area contributed by atoms with Crippen LogP contribution in [0.4, 0.5) is 17.1 Å². The van der Waals surface area contributed by atoms with Crippen LogP contribution in [0.3, 0.4) is 0 Å². The minimum Gasteiger partial charge on any atom is -0.455 e. The van der Waals surface area contributed by atoms with Gasteiger partial charge in [-0.05, 0) is 118 Å². The number of hydrogen-bond donors (Lipinski definition) is 0. The van der Waals surface area contributed by atoms with Gasteiger partial charge in [-0.3, -0.25) is 0 Å². The van der Waals surface area contributed by atoms with Gasteiger partial charge in [-0.1, -0.05) is 164 Å². The van der Waals surface area contributed by atoms with Crippen LogP contribution >= 0.6 is 0 Å². The van der Waals surface area contributed by atoms with Gasteiger partial charge in [0.25, 0.3) is 0 Å². The van der Waals surface area contributed by atoms with E-state index in [-0.39, 0.29) is 0 Å². The van der Waals surface area contributed by atoms with Crippen LogP contribution in [0.15, 0.2) is 247 Å². The Morgan fingerprint density at radius 3 is 1.49 bits per heavy atom. The molecule has 3 heteroatoms. The van der Waals surface area contributed by atoms with Crippen LogP contribution in [0.25, 0.3) is 93.9 Å². The second kappa shape index (κ2) is 15.3. The highest BCUT2D eigenvalue weighted by Crippen LogP contribution is 2.42. The Balaban J connectivity index is 0.937. The number of fused-ring (bicyclic) bond motifs is 6. The minimum atomic E-state index is 0.873. The normalized spacial score (nSPS) is 11.5. The number of rotatable bonds is 8. The van der Waals surface area contributed by atoms with Crippen molar-refractivity contribution >= 4 is 60.8 Å².